The molecule has 1 aromatic rings. The number of benzene rings is 1. The predicted molar refractivity (Wildman–Crippen MR) is 96.2 cm³/mol. The smallest absolute Gasteiger partial charge is 0.230 e. The van der Waals surface area contributed by atoms with Gasteiger partial charge in [0.1, 0.15) is 0 Å². The zero-order valence-electron chi connectivity index (χ0n) is 15.0. The molecule has 0 saturated carbocycles. The second-order valence-electron chi connectivity index (χ2n) is 6.93. The van der Waals surface area contributed by atoms with Gasteiger partial charge in [0, 0.05) is 26.2 Å². The molecule has 136 valence electrons. The standard InChI is InChI=1S/C20H28N2O3/c1-2-18(16-7-4-3-5-8-16)20(24)22-10-6-9-17(15-22)19(23)21-11-13-25-14-12-21/h3-5,7-8,17-18H,2,6,9-15H2,1H3. The number of nitrogens with zero attached hydrogens (tertiary/aromatic N) is 2. The molecule has 5 nitrogen and oxygen atoms in total. The van der Waals surface area contributed by atoms with E-state index in [1.54, 1.807) is 0 Å². The first-order valence-corrected chi connectivity index (χ1v) is 9.41. The van der Waals surface area contributed by atoms with Crippen LogP contribution < -0.4 is 0 Å². The summed E-state index contributed by atoms with van der Waals surface area (Å²) in [7, 11) is 0. The third-order valence-electron chi connectivity index (χ3n) is 5.31. The Bertz CT molecular complexity index is 584. The average molecular weight is 344 g/mol. The van der Waals surface area contributed by atoms with Gasteiger partial charge in [-0.3, -0.25) is 9.59 Å². The Kier molecular flexibility index (Phi) is 6.08. The van der Waals surface area contributed by atoms with Gasteiger partial charge in [-0.05, 0) is 24.8 Å². The summed E-state index contributed by atoms with van der Waals surface area (Å²) < 4.78 is 5.33. The largest absolute Gasteiger partial charge is 0.378 e. The molecule has 2 aliphatic heterocycles. The number of likely N-dealkylation sites (tertiary alicyclic amines) is 1. The van der Waals surface area contributed by atoms with E-state index in [2.05, 4.69) is 6.92 Å². The summed E-state index contributed by atoms with van der Waals surface area (Å²) in [6, 6.07) is 9.97. The number of amides is 2. The van der Waals surface area contributed by atoms with Gasteiger partial charge in [-0.25, -0.2) is 0 Å². The molecule has 25 heavy (non-hydrogen) atoms. The van der Waals surface area contributed by atoms with Crippen molar-refractivity contribution in [2.75, 3.05) is 39.4 Å². The van der Waals surface area contributed by atoms with E-state index in [-0.39, 0.29) is 23.7 Å². The van der Waals surface area contributed by atoms with Crippen molar-refractivity contribution in [3.8, 4) is 0 Å². The lowest BCUT2D eigenvalue weighted by atomic mass is 9.91. The lowest BCUT2D eigenvalue weighted by molar-refractivity contribution is -0.144. The van der Waals surface area contributed by atoms with Gasteiger partial charge < -0.3 is 14.5 Å². The third kappa shape index (κ3) is 4.21. The summed E-state index contributed by atoms with van der Waals surface area (Å²) in [4.78, 5) is 29.6. The first-order chi connectivity index (χ1) is 12.2. The summed E-state index contributed by atoms with van der Waals surface area (Å²) in [6.07, 6.45) is 2.56. The van der Waals surface area contributed by atoms with Crippen LogP contribution in [0, 0.1) is 5.92 Å². The number of ether oxygens (including phenoxy) is 1. The van der Waals surface area contributed by atoms with Gasteiger partial charge in [0.25, 0.3) is 0 Å². The molecular weight excluding hydrogens is 316 g/mol. The number of rotatable bonds is 4. The molecule has 0 N–H and O–H groups in total. The monoisotopic (exact) mass is 344 g/mol. The lowest BCUT2D eigenvalue weighted by Gasteiger charge is -2.37. The molecule has 2 atom stereocenters. The Morgan fingerprint density at radius 1 is 1.12 bits per heavy atom. The number of hydrogen-bond donors (Lipinski definition) is 0. The van der Waals surface area contributed by atoms with Crippen LogP contribution in [0.1, 0.15) is 37.7 Å². The van der Waals surface area contributed by atoms with Gasteiger partial charge in [0.2, 0.25) is 11.8 Å². The molecule has 3 rings (SSSR count). The summed E-state index contributed by atoms with van der Waals surface area (Å²) in [5, 5.41) is 0. The maximum absolute atomic E-state index is 13.1. The van der Waals surface area contributed by atoms with E-state index in [0.29, 0.717) is 32.8 Å². The fraction of sp³-hybridized carbons (Fsp3) is 0.600. The van der Waals surface area contributed by atoms with Crippen molar-refractivity contribution in [2.45, 2.75) is 32.1 Å². The van der Waals surface area contributed by atoms with Gasteiger partial charge >= 0.3 is 0 Å². The molecule has 5 heteroatoms. The molecule has 1 aromatic carbocycles. The van der Waals surface area contributed by atoms with Crippen molar-refractivity contribution >= 4 is 11.8 Å². The van der Waals surface area contributed by atoms with Crippen LogP contribution in [-0.2, 0) is 14.3 Å². The zero-order valence-corrected chi connectivity index (χ0v) is 15.0. The van der Waals surface area contributed by atoms with E-state index in [1.807, 2.05) is 40.1 Å². The molecule has 0 spiro atoms. The maximum Gasteiger partial charge on any atom is 0.230 e. The minimum absolute atomic E-state index is 0.0657. The molecule has 0 aliphatic carbocycles. The van der Waals surface area contributed by atoms with E-state index in [9.17, 15) is 9.59 Å². The Balaban J connectivity index is 1.65. The molecule has 0 bridgehead atoms. The number of morpholine rings is 1. The highest BCUT2D eigenvalue weighted by molar-refractivity contribution is 5.85. The molecule has 2 aliphatic rings. The van der Waals surface area contributed by atoms with Crippen LogP contribution in [0.2, 0.25) is 0 Å². The quantitative estimate of drug-likeness (QED) is 0.842. The molecule has 2 unspecified atom stereocenters. The Morgan fingerprint density at radius 2 is 1.84 bits per heavy atom. The van der Waals surface area contributed by atoms with E-state index < -0.39 is 0 Å². The lowest BCUT2D eigenvalue weighted by Crippen LogP contribution is -2.50. The minimum Gasteiger partial charge on any atom is -0.378 e. The van der Waals surface area contributed by atoms with Gasteiger partial charge in [-0.1, -0.05) is 37.3 Å². The van der Waals surface area contributed by atoms with Gasteiger partial charge in [-0.2, -0.15) is 0 Å². The van der Waals surface area contributed by atoms with Crippen molar-refractivity contribution < 1.29 is 14.3 Å². The molecular formula is C20H28N2O3. The fourth-order valence-electron chi connectivity index (χ4n) is 3.88. The van der Waals surface area contributed by atoms with Crippen LogP contribution in [0.5, 0.6) is 0 Å². The summed E-state index contributed by atoms with van der Waals surface area (Å²) >= 11 is 0. The third-order valence-corrected chi connectivity index (χ3v) is 5.31. The SMILES string of the molecule is CCC(C(=O)N1CCCC(C(=O)N2CCOCC2)C1)c1ccccc1. The molecule has 2 saturated heterocycles. The fourth-order valence-corrected chi connectivity index (χ4v) is 3.88. The van der Waals surface area contributed by atoms with Gasteiger partial charge in [0.05, 0.1) is 25.0 Å². The highest BCUT2D eigenvalue weighted by Crippen LogP contribution is 2.26. The number of piperidine rings is 1. The maximum atomic E-state index is 13.1. The first-order valence-electron chi connectivity index (χ1n) is 9.41. The van der Waals surface area contributed by atoms with Crippen LogP contribution in [0.4, 0.5) is 0 Å². The highest BCUT2D eigenvalue weighted by Gasteiger charge is 2.34. The second kappa shape index (κ2) is 8.48. The molecule has 2 heterocycles. The van der Waals surface area contributed by atoms with Crippen molar-refractivity contribution in [3.63, 3.8) is 0 Å². The van der Waals surface area contributed by atoms with Gasteiger partial charge in [0.15, 0.2) is 0 Å². The second-order valence-corrected chi connectivity index (χ2v) is 6.93. The van der Waals surface area contributed by atoms with Crippen LogP contribution in [0.25, 0.3) is 0 Å². The zero-order chi connectivity index (χ0) is 17.6. The Hall–Kier alpha value is -1.88. The highest BCUT2D eigenvalue weighted by atomic mass is 16.5. The molecule has 0 aromatic heterocycles. The summed E-state index contributed by atoms with van der Waals surface area (Å²) in [5.74, 6) is 0.171. The number of carbonyl (C=O) groups is 2. The number of carbonyl (C=O) groups excluding carboxylic acids is 2. The van der Waals surface area contributed by atoms with Crippen LogP contribution in [0.15, 0.2) is 30.3 Å². The first kappa shape index (κ1) is 17.9. The van der Waals surface area contributed by atoms with Crippen LogP contribution in [-0.4, -0.2) is 61.0 Å². The van der Waals surface area contributed by atoms with Crippen molar-refractivity contribution in [1.82, 2.24) is 9.80 Å². The topological polar surface area (TPSA) is 49.9 Å². The van der Waals surface area contributed by atoms with Crippen LogP contribution in [0.3, 0.4) is 0 Å². The normalized spacial score (nSPS) is 22.5. The van der Waals surface area contributed by atoms with E-state index in [1.165, 1.54) is 0 Å². The molecule has 2 fully saturated rings. The average Bonchev–Trinajstić information content (AvgIpc) is 2.69. The van der Waals surface area contributed by atoms with E-state index in [0.717, 1.165) is 31.4 Å². The van der Waals surface area contributed by atoms with Crippen molar-refractivity contribution in [3.05, 3.63) is 35.9 Å². The van der Waals surface area contributed by atoms with E-state index >= 15 is 0 Å². The minimum atomic E-state index is -0.113. The summed E-state index contributed by atoms with van der Waals surface area (Å²) in [5.41, 5.74) is 1.07. The number of hydrogen-bond acceptors (Lipinski definition) is 3. The Morgan fingerprint density at radius 3 is 2.52 bits per heavy atom. The molecule has 0 radical (unpaired) electrons. The predicted octanol–water partition coefficient (Wildman–Crippen LogP) is 2.28. The summed E-state index contributed by atoms with van der Waals surface area (Å²) in [6.45, 7) is 5.94. The van der Waals surface area contributed by atoms with Crippen LogP contribution >= 0.6 is 0 Å². The van der Waals surface area contributed by atoms with Gasteiger partial charge in [-0.15, -0.1) is 0 Å². The molecule has 2 amide bonds. The van der Waals surface area contributed by atoms with Crippen molar-refractivity contribution in [2.24, 2.45) is 5.92 Å². The Labute approximate surface area is 149 Å². The van der Waals surface area contributed by atoms with Crippen molar-refractivity contribution in [1.29, 1.82) is 0 Å². The van der Waals surface area contributed by atoms with E-state index in [4.69, 9.17) is 4.74 Å².